The molecule has 0 aliphatic rings. The summed E-state index contributed by atoms with van der Waals surface area (Å²) in [6, 6.07) is 7.34. The quantitative estimate of drug-likeness (QED) is 0.915. The lowest BCUT2D eigenvalue weighted by molar-refractivity contribution is -0.114. The molecular weight excluding hydrogens is 296 g/mol. The number of rotatable bonds is 3. The third-order valence-electron chi connectivity index (χ3n) is 2.06. The molecule has 0 spiro atoms. The number of anilines is 3. The Morgan fingerprint density at radius 3 is 2.56 bits per heavy atom. The molecule has 0 bridgehead atoms. The van der Waals surface area contributed by atoms with Crippen molar-refractivity contribution in [1.82, 2.24) is 9.97 Å². The number of carbonyl (C=O) groups is 1. The van der Waals surface area contributed by atoms with Crippen LogP contribution < -0.4 is 10.6 Å². The molecule has 92 valence electrons. The Hall–Kier alpha value is -1.95. The number of nitrogens with zero attached hydrogens (tertiary/aromatic N) is 2. The maximum Gasteiger partial charge on any atom is 0.227 e. The number of nitrogens with one attached hydrogen (secondary N) is 2. The van der Waals surface area contributed by atoms with E-state index < -0.39 is 0 Å². The van der Waals surface area contributed by atoms with Crippen molar-refractivity contribution >= 4 is 39.2 Å². The van der Waals surface area contributed by atoms with Gasteiger partial charge in [0, 0.05) is 30.7 Å². The lowest BCUT2D eigenvalue weighted by Crippen LogP contribution is -2.06. The van der Waals surface area contributed by atoms with Gasteiger partial charge in [0.2, 0.25) is 11.9 Å². The molecule has 1 amide bonds. The van der Waals surface area contributed by atoms with E-state index in [0.29, 0.717) is 5.95 Å². The van der Waals surface area contributed by atoms with E-state index in [4.69, 9.17) is 0 Å². The van der Waals surface area contributed by atoms with Crippen LogP contribution in [0.2, 0.25) is 0 Å². The molecule has 0 unspecified atom stereocenters. The van der Waals surface area contributed by atoms with Crippen molar-refractivity contribution in [2.24, 2.45) is 0 Å². The number of hydrogen-bond donors (Lipinski definition) is 2. The number of aromatic nitrogens is 2. The summed E-state index contributed by atoms with van der Waals surface area (Å²) in [5.41, 5.74) is 1.54. The van der Waals surface area contributed by atoms with Crippen LogP contribution in [0, 0.1) is 0 Å². The highest BCUT2D eigenvalue weighted by Crippen LogP contribution is 2.18. The minimum atomic E-state index is -0.105. The van der Waals surface area contributed by atoms with Gasteiger partial charge in [-0.3, -0.25) is 4.79 Å². The molecule has 0 saturated heterocycles. The molecule has 0 aliphatic carbocycles. The lowest BCUT2D eigenvalue weighted by Gasteiger charge is -2.07. The van der Waals surface area contributed by atoms with Crippen molar-refractivity contribution in [2.75, 3.05) is 10.6 Å². The molecule has 1 aromatic heterocycles. The Morgan fingerprint density at radius 2 is 1.89 bits per heavy atom. The number of hydrogen-bond acceptors (Lipinski definition) is 4. The van der Waals surface area contributed by atoms with Gasteiger partial charge < -0.3 is 10.6 Å². The third-order valence-corrected chi connectivity index (χ3v) is 2.47. The average Bonchev–Trinajstić information content (AvgIpc) is 2.32. The second-order valence-electron chi connectivity index (χ2n) is 3.61. The zero-order chi connectivity index (χ0) is 13.0. The first-order valence-corrected chi connectivity index (χ1v) is 6.05. The van der Waals surface area contributed by atoms with Crippen LogP contribution in [0.15, 0.2) is 41.1 Å². The highest BCUT2D eigenvalue weighted by molar-refractivity contribution is 9.10. The maximum atomic E-state index is 11.0. The van der Waals surface area contributed by atoms with E-state index in [-0.39, 0.29) is 5.91 Å². The first kappa shape index (κ1) is 12.5. The summed E-state index contributed by atoms with van der Waals surface area (Å²) in [5.74, 6) is 0.394. The molecule has 0 aliphatic heterocycles. The monoisotopic (exact) mass is 306 g/mol. The molecule has 18 heavy (non-hydrogen) atoms. The van der Waals surface area contributed by atoms with Gasteiger partial charge in [-0.2, -0.15) is 0 Å². The van der Waals surface area contributed by atoms with E-state index in [9.17, 15) is 4.79 Å². The highest BCUT2D eigenvalue weighted by Gasteiger charge is 2.00. The predicted octanol–water partition coefficient (Wildman–Crippen LogP) is 2.94. The van der Waals surface area contributed by atoms with E-state index in [1.165, 1.54) is 6.92 Å². The van der Waals surface area contributed by atoms with Gasteiger partial charge >= 0.3 is 0 Å². The molecule has 2 N–H and O–H groups in total. The molecule has 0 saturated carbocycles. The van der Waals surface area contributed by atoms with Crippen LogP contribution in [0.25, 0.3) is 0 Å². The Kier molecular flexibility index (Phi) is 3.88. The first-order valence-electron chi connectivity index (χ1n) is 5.26. The fourth-order valence-electron chi connectivity index (χ4n) is 1.38. The largest absolute Gasteiger partial charge is 0.326 e. The first-order chi connectivity index (χ1) is 8.63. The van der Waals surface area contributed by atoms with Crippen molar-refractivity contribution in [3.8, 4) is 0 Å². The van der Waals surface area contributed by atoms with Gasteiger partial charge in [0.05, 0.1) is 4.47 Å². The van der Waals surface area contributed by atoms with E-state index in [1.807, 2.05) is 24.3 Å². The van der Waals surface area contributed by atoms with Crippen molar-refractivity contribution < 1.29 is 4.79 Å². The molecule has 0 fully saturated rings. The minimum Gasteiger partial charge on any atom is -0.326 e. The second-order valence-corrected chi connectivity index (χ2v) is 4.53. The topological polar surface area (TPSA) is 66.9 Å². The van der Waals surface area contributed by atoms with Crippen molar-refractivity contribution in [2.45, 2.75) is 6.92 Å². The third kappa shape index (κ3) is 3.53. The fourth-order valence-corrected chi connectivity index (χ4v) is 1.59. The van der Waals surface area contributed by atoms with Gasteiger partial charge in [-0.05, 0) is 34.1 Å². The summed E-state index contributed by atoms with van der Waals surface area (Å²) in [7, 11) is 0. The number of carbonyl (C=O) groups excluding carboxylic acids is 1. The molecule has 2 aromatic rings. The van der Waals surface area contributed by atoms with Crippen LogP contribution in [-0.4, -0.2) is 15.9 Å². The smallest absolute Gasteiger partial charge is 0.227 e. The Labute approximate surface area is 113 Å². The Bertz CT molecular complexity index is 556. The zero-order valence-electron chi connectivity index (χ0n) is 9.64. The molecule has 6 heteroatoms. The van der Waals surface area contributed by atoms with E-state index in [0.717, 1.165) is 15.8 Å². The highest BCUT2D eigenvalue weighted by atomic mass is 79.9. The average molecular weight is 307 g/mol. The van der Waals surface area contributed by atoms with Gasteiger partial charge in [-0.1, -0.05) is 6.07 Å². The summed E-state index contributed by atoms with van der Waals surface area (Å²) >= 11 is 3.27. The number of amides is 1. The van der Waals surface area contributed by atoms with Crippen LogP contribution in [0.3, 0.4) is 0 Å². The van der Waals surface area contributed by atoms with Crippen molar-refractivity contribution in [3.05, 3.63) is 41.1 Å². The number of halogens is 1. The fraction of sp³-hybridized carbons (Fsp3) is 0.0833. The van der Waals surface area contributed by atoms with Gasteiger partial charge in [-0.15, -0.1) is 0 Å². The van der Waals surface area contributed by atoms with E-state index in [1.54, 1.807) is 12.4 Å². The molecule has 5 nitrogen and oxygen atoms in total. The van der Waals surface area contributed by atoms with Crippen LogP contribution in [0.5, 0.6) is 0 Å². The molecule has 2 rings (SSSR count). The normalized spacial score (nSPS) is 9.89. The SMILES string of the molecule is CC(=O)Nc1cccc(Nc2ncc(Br)cn2)c1. The lowest BCUT2D eigenvalue weighted by atomic mass is 10.3. The molecular formula is C12H11BrN4O. The second kappa shape index (κ2) is 5.59. The molecule has 0 radical (unpaired) electrons. The van der Waals surface area contributed by atoms with Crippen molar-refractivity contribution in [1.29, 1.82) is 0 Å². The Balaban J connectivity index is 2.13. The maximum absolute atomic E-state index is 11.0. The van der Waals surface area contributed by atoms with Crippen LogP contribution >= 0.6 is 15.9 Å². The van der Waals surface area contributed by atoms with Gasteiger partial charge in [-0.25, -0.2) is 9.97 Å². The van der Waals surface area contributed by atoms with Crippen LogP contribution in [0.4, 0.5) is 17.3 Å². The summed E-state index contributed by atoms with van der Waals surface area (Å²) in [5, 5.41) is 5.76. The van der Waals surface area contributed by atoms with Crippen molar-refractivity contribution in [3.63, 3.8) is 0 Å². The number of benzene rings is 1. The Morgan fingerprint density at radius 1 is 1.22 bits per heavy atom. The summed E-state index contributed by atoms with van der Waals surface area (Å²) in [6.45, 7) is 1.47. The molecule has 1 aromatic carbocycles. The summed E-state index contributed by atoms with van der Waals surface area (Å²) in [4.78, 5) is 19.2. The zero-order valence-corrected chi connectivity index (χ0v) is 11.2. The van der Waals surface area contributed by atoms with Gasteiger partial charge in [0.15, 0.2) is 0 Å². The summed E-state index contributed by atoms with van der Waals surface area (Å²) < 4.78 is 0.819. The van der Waals surface area contributed by atoms with E-state index in [2.05, 4.69) is 36.5 Å². The van der Waals surface area contributed by atoms with Gasteiger partial charge in [0.25, 0.3) is 0 Å². The van der Waals surface area contributed by atoms with E-state index >= 15 is 0 Å². The van der Waals surface area contributed by atoms with Gasteiger partial charge in [0.1, 0.15) is 0 Å². The van der Waals surface area contributed by atoms with Crippen LogP contribution in [-0.2, 0) is 4.79 Å². The summed E-state index contributed by atoms with van der Waals surface area (Å²) in [6.07, 6.45) is 3.32. The molecule has 1 heterocycles. The van der Waals surface area contributed by atoms with Crippen LogP contribution in [0.1, 0.15) is 6.92 Å². The molecule has 0 atom stereocenters. The predicted molar refractivity (Wildman–Crippen MR) is 73.8 cm³/mol. The standard InChI is InChI=1S/C12H11BrN4O/c1-8(18)16-10-3-2-4-11(5-10)17-12-14-6-9(13)7-15-12/h2-7H,1H3,(H,16,18)(H,14,15,17). The minimum absolute atomic E-state index is 0.105.